The molecule has 0 aromatic heterocycles. The number of benzene rings is 1. The molecule has 0 radical (unpaired) electrons. The number of nitrogens with one attached hydrogen (secondary N) is 2. The van der Waals surface area contributed by atoms with Crippen LogP contribution in [0.4, 0.5) is 5.69 Å². The van der Waals surface area contributed by atoms with Crippen molar-refractivity contribution < 1.29 is 18.1 Å². The fourth-order valence-electron chi connectivity index (χ4n) is 3.46. The Labute approximate surface area is 155 Å². The highest BCUT2D eigenvalue weighted by atomic mass is 35.5. The number of carbonyl (C=O) groups excluding carboxylic acids is 1. The number of quaternary nitrogens is 1. The second-order valence-corrected chi connectivity index (χ2v) is 9.82. The average molecular weight is 389 g/mol. The molecule has 2 rings (SSSR count). The third-order valence-electron chi connectivity index (χ3n) is 4.48. The molecule has 140 valence electrons. The number of carbonyl (C=O) groups is 1. The summed E-state index contributed by atoms with van der Waals surface area (Å²) in [4.78, 5) is 13.7. The van der Waals surface area contributed by atoms with Crippen LogP contribution in [0.25, 0.3) is 0 Å². The van der Waals surface area contributed by atoms with Crippen molar-refractivity contribution in [3.05, 3.63) is 23.2 Å². The minimum atomic E-state index is -3.58. The highest BCUT2D eigenvalue weighted by Crippen LogP contribution is 2.26. The van der Waals surface area contributed by atoms with Gasteiger partial charge in [-0.05, 0) is 24.6 Å². The summed E-state index contributed by atoms with van der Waals surface area (Å²) in [5.41, 5.74) is 0.326. The Kier molecular flexibility index (Phi) is 6.48. The van der Waals surface area contributed by atoms with Gasteiger partial charge in [-0.25, -0.2) is 12.7 Å². The normalized spacial score (nSPS) is 24.3. The lowest BCUT2D eigenvalue weighted by Gasteiger charge is -2.31. The first-order valence-corrected chi connectivity index (χ1v) is 10.3. The first-order valence-electron chi connectivity index (χ1n) is 8.45. The molecule has 8 heteroatoms. The molecule has 1 heterocycles. The van der Waals surface area contributed by atoms with Crippen molar-refractivity contribution >= 4 is 33.2 Å². The van der Waals surface area contributed by atoms with Crippen LogP contribution in [0.15, 0.2) is 23.1 Å². The number of anilines is 1. The summed E-state index contributed by atoms with van der Waals surface area (Å²) < 4.78 is 25.6. The molecule has 1 aromatic carbocycles. The fourth-order valence-corrected chi connectivity index (χ4v) is 4.55. The van der Waals surface area contributed by atoms with Gasteiger partial charge in [0.15, 0.2) is 6.54 Å². The predicted molar refractivity (Wildman–Crippen MR) is 99.5 cm³/mol. The van der Waals surface area contributed by atoms with Gasteiger partial charge in [0.2, 0.25) is 10.0 Å². The molecule has 1 aliphatic rings. The zero-order valence-electron chi connectivity index (χ0n) is 15.2. The molecule has 1 fully saturated rings. The van der Waals surface area contributed by atoms with Crippen molar-refractivity contribution in [2.45, 2.75) is 25.2 Å². The predicted octanol–water partition coefficient (Wildman–Crippen LogP) is 1.09. The van der Waals surface area contributed by atoms with Gasteiger partial charge in [0.05, 0.1) is 28.7 Å². The molecule has 0 saturated carbocycles. The number of sulfonamides is 1. The summed E-state index contributed by atoms with van der Waals surface area (Å²) in [6, 6.07) is 4.34. The Morgan fingerprint density at radius 2 is 1.88 bits per heavy atom. The molecule has 0 bridgehead atoms. The van der Waals surface area contributed by atoms with E-state index in [0.29, 0.717) is 29.1 Å². The second kappa shape index (κ2) is 8.03. The molecule has 0 spiro atoms. The SMILES string of the molecule is C[C@@H]1C[C@@H](C)C[NH+](CC(=O)Nc2cc(S(=O)(=O)N(C)C)ccc2Cl)C1. The van der Waals surface area contributed by atoms with Crippen molar-refractivity contribution in [3.63, 3.8) is 0 Å². The Morgan fingerprint density at radius 1 is 1.28 bits per heavy atom. The van der Waals surface area contributed by atoms with Crippen LogP contribution in [-0.4, -0.2) is 52.4 Å². The Hall–Kier alpha value is -1.15. The van der Waals surface area contributed by atoms with Gasteiger partial charge in [0, 0.05) is 25.9 Å². The molecule has 1 saturated heterocycles. The Balaban J connectivity index is 2.10. The van der Waals surface area contributed by atoms with Crippen molar-refractivity contribution in [2.24, 2.45) is 11.8 Å². The van der Waals surface area contributed by atoms with E-state index in [1.807, 2.05) is 0 Å². The number of halogens is 1. The first kappa shape index (κ1) is 20.2. The summed E-state index contributed by atoms with van der Waals surface area (Å²) in [5.74, 6) is 1.05. The molecule has 25 heavy (non-hydrogen) atoms. The molecule has 0 unspecified atom stereocenters. The van der Waals surface area contributed by atoms with Crippen molar-refractivity contribution in [2.75, 3.05) is 39.0 Å². The summed E-state index contributed by atoms with van der Waals surface area (Å²) >= 11 is 6.13. The molecular formula is C17H27ClN3O3S+. The number of hydrogen-bond donors (Lipinski definition) is 2. The lowest BCUT2D eigenvalue weighted by molar-refractivity contribution is -0.904. The van der Waals surface area contributed by atoms with Crippen molar-refractivity contribution in [1.82, 2.24) is 4.31 Å². The minimum absolute atomic E-state index is 0.102. The average Bonchev–Trinajstić information content (AvgIpc) is 2.47. The van der Waals surface area contributed by atoms with Gasteiger partial charge < -0.3 is 10.2 Å². The zero-order valence-corrected chi connectivity index (χ0v) is 16.7. The molecule has 0 aliphatic carbocycles. The topological polar surface area (TPSA) is 70.9 Å². The maximum absolute atomic E-state index is 12.4. The maximum atomic E-state index is 12.4. The fraction of sp³-hybridized carbons (Fsp3) is 0.588. The van der Waals surface area contributed by atoms with Crippen LogP contribution in [0.2, 0.25) is 5.02 Å². The van der Waals surface area contributed by atoms with E-state index < -0.39 is 10.0 Å². The molecule has 1 aromatic rings. The number of nitrogens with zero attached hydrogens (tertiary/aromatic N) is 1. The number of rotatable bonds is 5. The quantitative estimate of drug-likeness (QED) is 0.793. The van der Waals surface area contributed by atoms with Gasteiger partial charge in [-0.3, -0.25) is 4.79 Å². The van der Waals surface area contributed by atoms with E-state index >= 15 is 0 Å². The number of piperidine rings is 1. The molecule has 1 amide bonds. The Morgan fingerprint density at radius 3 is 2.44 bits per heavy atom. The highest BCUT2D eigenvalue weighted by Gasteiger charge is 2.27. The first-order chi connectivity index (χ1) is 11.6. The standard InChI is InChI=1S/C17H26ClN3O3S/c1-12-7-13(2)10-21(9-12)11-17(22)19-16-8-14(5-6-15(16)18)25(23,24)20(3)4/h5-6,8,12-13H,7,9-11H2,1-4H3,(H,19,22)/p+1/t12-,13-/m1/s1. The van der Waals surface area contributed by atoms with E-state index in [2.05, 4.69) is 19.2 Å². The van der Waals surface area contributed by atoms with Gasteiger partial charge in [-0.1, -0.05) is 25.4 Å². The van der Waals surface area contributed by atoms with E-state index in [-0.39, 0.29) is 10.8 Å². The van der Waals surface area contributed by atoms with E-state index in [1.165, 1.54) is 43.6 Å². The molecule has 2 N–H and O–H groups in total. The van der Waals surface area contributed by atoms with E-state index in [9.17, 15) is 13.2 Å². The van der Waals surface area contributed by atoms with Gasteiger partial charge in [0.25, 0.3) is 5.91 Å². The third-order valence-corrected chi connectivity index (χ3v) is 6.62. The summed E-state index contributed by atoms with van der Waals surface area (Å²) in [6.45, 7) is 6.72. The van der Waals surface area contributed by atoms with E-state index in [1.54, 1.807) is 0 Å². The summed E-state index contributed by atoms with van der Waals surface area (Å²) in [6.07, 6.45) is 1.20. The van der Waals surface area contributed by atoms with Gasteiger partial charge >= 0.3 is 0 Å². The number of hydrogen-bond acceptors (Lipinski definition) is 3. The summed E-state index contributed by atoms with van der Waals surface area (Å²) in [5, 5.41) is 3.08. The van der Waals surface area contributed by atoms with E-state index in [0.717, 1.165) is 17.4 Å². The highest BCUT2D eigenvalue weighted by molar-refractivity contribution is 7.89. The van der Waals surface area contributed by atoms with Crippen LogP contribution in [0.5, 0.6) is 0 Å². The largest absolute Gasteiger partial charge is 0.327 e. The molecule has 2 atom stereocenters. The van der Waals surface area contributed by atoms with E-state index in [4.69, 9.17) is 11.6 Å². The number of amides is 1. The van der Waals surface area contributed by atoms with Crippen LogP contribution in [0.1, 0.15) is 20.3 Å². The summed E-state index contributed by atoms with van der Waals surface area (Å²) in [7, 11) is -0.650. The van der Waals surface area contributed by atoms with Crippen LogP contribution < -0.4 is 10.2 Å². The Bertz CT molecular complexity index is 727. The van der Waals surface area contributed by atoms with Crippen molar-refractivity contribution in [1.29, 1.82) is 0 Å². The van der Waals surface area contributed by atoms with Crippen LogP contribution in [0, 0.1) is 11.8 Å². The second-order valence-electron chi connectivity index (χ2n) is 7.26. The van der Waals surface area contributed by atoms with Gasteiger partial charge in [-0.15, -0.1) is 0 Å². The third kappa shape index (κ3) is 5.17. The monoisotopic (exact) mass is 388 g/mol. The molecular weight excluding hydrogens is 362 g/mol. The smallest absolute Gasteiger partial charge is 0.279 e. The zero-order chi connectivity index (χ0) is 18.8. The lowest BCUT2D eigenvalue weighted by Crippen LogP contribution is -3.15. The van der Waals surface area contributed by atoms with Crippen LogP contribution in [-0.2, 0) is 14.8 Å². The minimum Gasteiger partial charge on any atom is -0.327 e. The molecule has 6 nitrogen and oxygen atoms in total. The lowest BCUT2D eigenvalue weighted by atomic mass is 9.92. The molecule has 1 aliphatic heterocycles. The van der Waals surface area contributed by atoms with Crippen LogP contribution in [0.3, 0.4) is 0 Å². The van der Waals surface area contributed by atoms with Gasteiger partial charge in [-0.2, -0.15) is 0 Å². The van der Waals surface area contributed by atoms with Crippen LogP contribution >= 0.6 is 11.6 Å². The number of likely N-dealkylation sites (tertiary alicyclic amines) is 1. The maximum Gasteiger partial charge on any atom is 0.279 e. The van der Waals surface area contributed by atoms with Gasteiger partial charge in [0.1, 0.15) is 0 Å². The van der Waals surface area contributed by atoms with Crippen molar-refractivity contribution in [3.8, 4) is 0 Å².